The summed E-state index contributed by atoms with van der Waals surface area (Å²) in [4.78, 5) is 14.6. The molecular weight excluding hydrogens is 417 g/mol. The van der Waals surface area contributed by atoms with Gasteiger partial charge in [0.05, 0.1) is 12.1 Å². The molecule has 11 heteroatoms. The van der Waals surface area contributed by atoms with Gasteiger partial charge in [-0.15, -0.1) is 10.2 Å². The van der Waals surface area contributed by atoms with Gasteiger partial charge in [-0.05, 0) is 30.5 Å². The van der Waals surface area contributed by atoms with Crippen molar-refractivity contribution in [3.63, 3.8) is 0 Å². The average molecular weight is 436 g/mol. The van der Waals surface area contributed by atoms with Crippen LogP contribution in [0.5, 0.6) is 0 Å². The molecular formula is C19H19F3N6OS. The van der Waals surface area contributed by atoms with Crippen LogP contribution in [0.25, 0.3) is 11.5 Å². The number of benzene rings is 1. The standard InChI is InChI=1S/C19H19F3N6OS/c1-26-16(23-24-18(26)30-3)15-13-10-28(9-8-14(13)27(2)25-15)17(29)11-4-6-12(7-5-11)19(20,21)22/h4-7H,8-10H2,1-3H3. The van der Waals surface area contributed by atoms with Crippen molar-refractivity contribution in [3.8, 4) is 11.5 Å². The molecule has 1 aliphatic heterocycles. The van der Waals surface area contributed by atoms with Crippen molar-refractivity contribution in [2.45, 2.75) is 24.3 Å². The molecule has 3 heterocycles. The van der Waals surface area contributed by atoms with Crippen LogP contribution in [0.3, 0.4) is 0 Å². The van der Waals surface area contributed by atoms with Crippen molar-refractivity contribution in [1.29, 1.82) is 0 Å². The molecule has 2 aromatic heterocycles. The van der Waals surface area contributed by atoms with Gasteiger partial charge >= 0.3 is 6.18 Å². The Morgan fingerprint density at radius 2 is 1.83 bits per heavy atom. The van der Waals surface area contributed by atoms with E-state index in [9.17, 15) is 18.0 Å². The Morgan fingerprint density at radius 1 is 1.13 bits per heavy atom. The zero-order chi connectivity index (χ0) is 21.6. The summed E-state index contributed by atoms with van der Waals surface area (Å²) in [6.07, 6.45) is -1.93. The second-order valence-corrected chi connectivity index (χ2v) is 7.79. The lowest BCUT2D eigenvalue weighted by atomic mass is 10.0. The zero-order valence-electron chi connectivity index (χ0n) is 16.6. The van der Waals surface area contributed by atoms with E-state index in [-0.39, 0.29) is 11.5 Å². The third kappa shape index (κ3) is 3.47. The van der Waals surface area contributed by atoms with Gasteiger partial charge in [-0.2, -0.15) is 18.3 Å². The van der Waals surface area contributed by atoms with Gasteiger partial charge in [0.15, 0.2) is 11.0 Å². The summed E-state index contributed by atoms with van der Waals surface area (Å²) in [6, 6.07) is 4.31. The Bertz CT molecular complexity index is 1100. The summed E-state index contributed by atoms with van der Waals surface area (Å²) in [5.41, 5.74) is 2.00. The fourth-order valence-corrected chi connectivity index (χ4v) is 4.11. The van der Waals surface area contributed by atoms with Crippen LogP contribution in [-0.4, -0.2) is 48.2 Å². The molecule has 1 aromatic carbocycles. The molecule has 0 N–H and O–H groups in total. The summed E-state index contributed by atoms with van der Waals surface area (Å²) >= 11 is 1.47. The smallest absolute Gasteiger partial charge is 0.334 e. The van der Waals surface area contributed by atoms with Crippen molar-refractivity contribution >= 4 is 17.7 Å². The monoisotopic (exact) mass is 436 g/mol. The maximum atomic E-state index is 12.9. The van der Waals surface area contributed by atoms with Gasteiger partial charge in [0.1, 0.15) is 5.69 Å². The molecule has 0 radical (unpaired) electrons. The molecule has 0 saturated heterocycles. The highest BCUT2D eigenvalue weighted by Crippen LogP contribution is 2.32. The van der Waals surface area contributed by atoms with Crippen LogP contribution in [0.2, 0.25) is 0 Å². The van der Waals surface area contributed by atoms with Crippen LogP contribution in [0, 0.1) is 0 Å². The Balaban J connectivity index is 1.63. The number of halogens is 3. The lowest BCUT2D eigenvalue weighted by Gasteiger charge is -2.28. The molecule has 158 valence electrons. The first-order valence-corrected chi connectivity index (χ1v) is 10.4. The van der Waals surface area contributed by atoms with Crippen LogP contribution < -0.4 is 0 Å². The summed E-state index contributed by atoms with van der Waals surface area (Å²) in [5.74, 6) is 0.298. The second kappa shape index (κ2) is 7.46. The zero-order valence-corrected chi connectivity index (χ0v) is 17.4. The van der Waals surface area contributed by atoms with Crippen molar-refractivity contribution in [2.24, 2.45) is 14.1 Å². The molecule has 30 heavy (non-hydrogen) atoms. The lowest BCUT2D eigenvalue weighted by molar-refractivity contribution is -0.137. The molecule has 1 amide bonds. The summed E-state index contributed by atoms with van der Waals surface area (Å²) in [6.45, 7) is 0.764. The summed E-state index contributed by atoms with van der Waals surface area (Å²) in [5, 5.41) is 13.7. The number of amides is 1. The Hall–Kier alpha value is -2.82. The molecule has 4 rings (SSSR count). The first kappa shape index (κ1) is 20.5. The predicted molar refractivity (Wildman–Crippen MR) is 105 cm³/mol. The third-order valence-corrected chi connectivity index (χ3v) is 5.94. The number of carbonyl (C=O) groups is 1. The van der Waals surface area contributed by atoms with E-state index in [1.165, 1.54) is 23.9 Å². The van der Waals surface area contributed by atoms with Crippen molar-refractivity contribution in [1.82, 2.24) is 29.4 Å². The third-order valence-electron chi connectivity index (χ3n) is 5.22. The van der Waals surface area contributed by atoms with Crippen LogP contribution in [0.4, 0.5) is 13.2 Å². The number of rotatable bonds is 3. The highest BCUT2D eigenvalue weighted by atomic mass is 32.2. The van der Waals surface area contributed by atoms with Gasteiger partial charge in [0.25, 0.3) is 5.91 Å². The Kier molecular flexibility index (Phi) is 5.08. The highest BCUT2D eigenvalue weighted by molar-refractivity contribution is 7.98. The van der Waals surface area contributed by atoms with Crippen LogP contribution in [0.15, 0.2) is 29.4 Å². The van der Waals surface area contributed by atoms with E-state index in [1.54, 1.807) is 9.58 Å². The van der Waals surface area contributed by atoms with E-state index in [0.29, 0.717) is 31.0 Å². The van der Waals surface area contributed by atoms with E-state index >= 15 is 0 Å². The van der Waals surface area contributed by atoms with Crippen molar-refractivity contribution in [3.05, 3.63) is 46.6 Å². The molecule has 0 unspecified atom stereocenters. The maximum absolute atomic E-state index is 12.9. The minimum atomic E-state index is -4.43. The molecule has 1 aliphatic rings. The molecule has 7 nitrogen and oxygen atoms in total. The van der Waals surface area contributed by atoms with Gasteiger partial charge in [-0.25, -0.2) is 0 Å². The van der Waals surface area contributed by atoms with Gasteiger partial charge in [0, 0.05) is 43.9 Å². The predicted octanol–water partition coefficient (Wildman–Crippen LogP) is 3.15. The molecule has 0 fully saturated rings. The summed E-state index contributed by atoms with van der Waals surface area (Å²) < 4.78 is 42.0. The Labute approximate surface area is 174 Å². The van der Waals surface area contributed by atoms with Crippen LogP contribution >= 0.6 is 11.8 Å². The van der Waals surface area contributed by atoms with Crippen LogP contribution in [0.1, 0.15) is 27.2 Å². The fourth-order valence-electron chi connectivity index (χ4n) is 3.63. The topological polar surface area (TPSA) is 68.8 Å². The number of hydrogen-bond acceptors (Lipinski definition) is 5. The molecule has 3 aromatic rings. The SMILES string of the molecule is CSc1nnc(-c2nn(C)c3c2CN(C(=O)c2ccc(C(F)(F)F)cc2)CC3)n1C. The number of fused-ring (bicyclic) bond motifs is 1. The van der Waals surface area contributed by atoms with Crippen LogP contribution in [-0.2, 0) is 33.2 Å². The number of nitrogens with zero attached hydrogens (tertiary/aromatic N) is 6. The highest BCUT2D eigenvalue weighted by Gasteiger charge is 2.32. The van der Waals surface area contributed by atoms with Gasteiger partial charge < -0.3 is 9.47 Å². The number of carbonyl (C=O) groups excluding carboxylic acids is 1. The van der Waals surface area contributed by atoms with E-state index in [4.69, 9.17) is 0 Å². The first-order valence-electron chi connectivity index (χ1n) is 9.15. The number of alkyl halides is 3. The first-order chi connectivity index (χ1) is 14.2. The maximum Gasteiger partial charge on any atom is 0.416 e. The number of aromatic nitrogens is 5. The summed E-state index contributed by atoms with van der Waals surface area (Å²) in [7, 11) is 3.71. The molecule has 0 bridgehead atoms. The average Bonchev–Trinajstić information content (AvgIpc) is 3.25. The largest absolute Gasteiger partial charge is 0.416 e. The molecule has 0 spiro atoms. The number of hydrogen-bond donors (Lipinski definition) is 0. The van der Waals surface area contributed by atoms with E-state index < -0.39 is 11.7 Å². The lowest BCUT2D eigenvalue weighted by Crippen LogP contribution is -2.36. The van der Waals surface area contributed by atoms with Gasteiger partial charge in [0.2, 0.25) is 0 Å². The second-order valence-electron chi connectivity index (χ2n) is 7.02. The Morgan fingerprint density at radius 3 is 2.43 bits per heavy atom. The van der Waals surface area contributed by atoms with Crippen molar-refractivity contribution < 1.29 is 18.0 Å². The molecule has 0 aliphatic carbocycles. The number of thioether (sulfide) groups is 1. The quantitative estimate of drug-likeness (QED) is 0.590. The fraction of sp³-hybridized carbons (Fsp3) is 0.368. The molecule has 0 atom stereocenters. The van der Waals surface area contributed by atoms with Crippen molar-refractivity contribution in [2.75, 3.05) is 12.8 Å². The molecule has 0 saturated carbocycles. The van der Waals surface area contributed by atoms with Gasteiger partial charge in [-0.3, -0.25) is 9.48 Å². The normalized spacial score (nSPS) is 14.1. The van der Waals surface area contributed by atoms with E-state index in [2.05, 4.69) is 15.3 Å². The minimum Gasteiger partial charge on any atom is -0.334 e. The van der Waals surface area contributed by atoms with E-state index in [1.807, 2.05) is 24.9 Å². The van der Waals surface area contributed by atoms with E-state index in [0.717, 1.165) is 28.5 Å². The van der Waals surface area contributed by atoms with Gasteiger partial charge in [-0.1, -0.05) is 11.8 Å². The minimum absolute atomic E-state index is 0.222. The number of aryl methyl sites for hydroxylation is 1.